The molecule has 0 fully saturated rings. The molecular weight excluding hydrogens is 216 g/mol. The first-order valence-corrected chi connectivity index (χ1v) is 4.68. The highest BCUT2D eigenvalue weighted by molar-refractivity contribution is 7.71. The molecule has 1 aromatic rings. The highest BCUT2D eigenvalue weighted by atomic mass is 32.1. The van der Waals surface area contributed by atoms with Crippen molar-refractivity contribution in [2.45, 2.75) is 13.5 Å². The van der Waals surface area contributed by atoms with Gasteiger partial charge in [0.1, 0.15) is 22.6 Å². The molecule has 0 aliphatic rings. The lowest BCUT2D eigenvalue weighted by Gasteiger charge is -2.06. The number of rotatable bonds is 3. The number of carbonyl (C=O) groups is 1. The zero-order chi connectivity index (χ0) is 11.4. The highest BCUT2D eigenvalue weighted by Gasteiger charge is 2.13. The molecule has 0 aromatic carbocycles. The summed E-state index contributed by atoms with van der Waals surface area (Å²) in [7, 11) is 2.86. The maximum Gasteiger partial charge on any atom is 0.342 e. The zero-order valence-electron chi connectivity index (χ0n) is 8.79. The van der Waals surface area contributed by atoms with Crippen LogP contribution in [0.3, 0.4) is 0 Å². The molecule has 0 atom stereocenters. The minimum absolute atomic E-state index is 0.227. The van der Waals surface area contributed by atoms with Gasteiger partial charge in [-0.2, -0.15) is 0 Å². The fourth-order valence-corrected chi connectivity index (χ4v) is 1.54. The van der Waals surface area contributed by atoms with Gasteiger partial charge >= 0.3 is 5.97 Å². The minimum Gasteiger partial charge on any atom is -0.465 e. The van der Waals surface area contributed by atoms with Crippen LogP contribution in [0.25, 0.3) is 0 Å². The van der Waals surface area contributed by atoms with Gasteiger partial charge in [-0.1, -0.05) is 12.2 Å². The lowest BCUT2D eigenvalue weighted by atomic mass is 10.2. The number of H-pyrrole nitrogens is 1. The molecule has 82 valence electrons. The monoisotopic (exact) mass is 228 g/mol. The number of hydrogen-bond donors (Lipinski definition) is 1. The predicted octanol–water partition coefficient (Wildman–Crippen LogP) is 1.38. The van der Waals surface area contributed by atoms with Crippen molar-refractivity contribution < 1.29 is 14.3 Å². The van der Waals surface area contributed by atoms with E-state index in [1.165, 1.54) is 7.11 Å². The smallest absolute Gasteiger partial charge is 0.342 e. The fraction of sp³-hybridized carbons (Fsp3) is 0.444. The van der Waals surface area contributed by atoms with Crippen LogP contribution in [0.1, 0.15) is 21.9 Å². The van der Waals surface area contributed by atoms with Gasteiger partial charge in [-0.05, 0) is 6.92 Å². The summed E-state index contributed by atoms with van der Waals surface area (Å²) in [6, 6.07) is 0. The topological polar surface area (TPSA) is 64.2 Å². The molecule has 5 nitrogen and oxygen atoms in total. The molecule has 15 heavy (non-hydrogen) atoms. The third-order valence-electron chi connectivity index (χ3n) is 1.83. The Bertz CT molecular complexity index is 428. The Morgan fingerprint density at radius 1 is 1.53 bits per heavy atom. The van der Waals surface area contributed by atoms with Crippen LogP contribution in [0.2, 0.25) is 0 Å². The van der Waals surface area contributed by atoms with Crippen molar-refractivity contribution in [3.8, 4) is 0 Å². The molecule has 6 heteroatoms. The van der Waals surface area contributed by atoms with Crippen LogP contribution in [0.5, 0.6) is 0 Å². The first-order valence-electron chi connectivity index (χ1n) is 4.27. The Labute approximate surface area is 92.4 Å². The Morgan fingerprint density at radius 3 is 2.67 bits per heavy atom. The van der Waals surface area contributed by atoms with Crippen LogP contribution in [0.4, 0.5) is 0 Å². The van der Waals surface area contributed by atoms with Gasteiger partial charge in [-0.25, -0.2) is 9.78 Å². The number of nitrogens with one attached hydrogen (secondary N) is 1. The average Bonchev–Trinajstić information content (AvgIpc) is 2.16. The van der Waals surface area contributed by atoms with Crippen LogP contribution < -0.4 is 0 Å². The Morgan fingerprint density at radius 2 is 2.20 bits per heavy atom. The summed E-state index contributed by atoms with van der Waals surface area (Å²) in [4.78, 5) is 18.3. The highest BCUT2D eigenvalue weighted by Crippen LogP contribution is 2.08. The third kappa shape index (κ3) is 2.60. The number of aromatic nitrogens is 2. The van der Waals surface area contributed by atoms with E-state index >= 15 is 0 Å². The standard InChI is InChI=1S/C9H12N2O3S/c1-5-7(9(12)14-3)8(15)11-6(10-5)4-13-2/h4H2,1-3H3,(H,10,11,15). The van der Waals surface area contributed by atoms with Crippen LogP contribution >= 0.6 is 12.2 Å². The first kappa shape index (κ1) is 11.8. The summed E-state index contributed by atoms with van der Waals surface area (Å²) in [5, 5.41) is 0. The number of ether oxygens (including phenoxy) is 2. The van der Waals surface area contributed by atoms with Crippen LogP contribution in [0, 0.1) is 11.6 Å². The maximum absolute atomic E-state index is 11.3. The van der Waals surface area contributed by atoms with Crippen molar-refractivity contribution in [1.82, 2.24) is 9.97 Å². The molecule has 0 amide bonds. The van der Waals surface area contributed by atoms with E-state index < -0.39 is 5.97 Å². The van der Waals surface area contributed by atoms with Crippen molar-refractivity contribution in [3.63, 3.8) is 0 Å². The molecule has 0 aliphatic heterocycles. The van der Waals surface area contributed by atoms with Gasteiger partial charge in [0.15, 0.2) is 0 Å². The summed E-state index contributed by atoms with van der Waals surface area (Å²) in [6.07, 6.45) is 0. The van der Waals surface area contributed by atoms with Crippen molar-refractivity contribution in [1.29, 1.82) is 0 Å². The fourth-order valence-electron chi connectivity index (χ4n) is 1.19. The SMILES string of the molecule is COCc1nc(=S)c(C(=O)OC)c(C)[nH]1. The number of aromatic amines is 1. The summed E-state index contributed by atoms with van der Waals surface area (Å²) in [5.74, 6) is 0.109. The number of carbonyl (C=O) groups excluding carboxylic acids is 1. The minimum atomic E-state index is -0.481. The predicted molar refractivity (Wildman–Crippen MR) is 56.2 cm³/mol. The molecule has 0 radical (unpaired) electrons. The summed E-state index contributed by atoms with van der Waals surface area (Å²) in [6.45, 7) is 2.06. The van der Waals surface area contributed by atoms with Gasteiger partial charge < -0.3 is 14.5 Å². The first-order chi connectivity index (χ1) is 7.10. The molecule has 1 aromatic heterocycles. The van der Waals surface area contributed by atoms with E-state index in [0.717, 1.165) is 0 Å². The molecule has 0 spiro atoms. The molecule has 0 unspecified atom stereocenters. The quantitative estimate of drug-likeness (QED) is 0.625. The number of esters is 1. The second-order valence-corrected chi connectivity index (χ2v) is 3.30. The van der Waals surface area contributed by atoms with Gasteiger partial charge in [0, 0.05) is 12.8 Å². The summed E-state index contributed by atoms with van der Waals surface area (Å²) < 4.78 is 9.74. The van der Waals surface area contributed by atoms with Gasteiger partial charge in [-0.15, -0.1) is 0 Å². The van der Waals surface area contributed by atoms with Crippen molar-refractivity contribution in [3.05, 3.63) is 21.7 Å². The second-order valence-electron chi connectivity index (χ2n) is 2.91. The Hall–Kier alpha value is -1.27. The zero-order valence-corrected chi connectivity index (χ0v) is 9.60. The lowest BCUT2D eigenvalue weighted by molar-refractivity contribution is 0.0597. The Kier molecular flexibility index (Phi) is 3.93. The van der Waals surface area contributed by atoms with Crippen LogP contribution in [-0.2, 0) is 16.1 Å². The molecule has 1 heterocycles. The number of nitrogens with zero attached hydrogens (tertiary/aromatic N) is 1. The van der Waals surface area contributed by atoms with E-state index in [9.17, 15) is 4.79 Å². The molecule has 0 saturated heterocycles. The Balaban J connectivity index is 3.21. The van der Waals surface area contributed by atoms with Gasteiger partial charge in [0.05, 0.1) is 7.11 Å². The van der Waals surface area contributed by atoms with Gasteiger partial charge in [0.25, 0.3) is 0 Å². The van der Waals surface area contributed by atoms with Gasteiger partial charge in [-0.3, -0.25) is 0 Å². The number of aryl methyl sites for hydroxylation is 1. The maximum atomic E-state index is 11.3. The van der Waals surface area contributed by atoms with E-state index in [-0.39, 0.29) is 4.64 Å². The van der Waals surface area contributed by atoms with E-state index in [4.69, 9.17) is 17.0 Å². The normalized spacial score (nSPS) is 10.1. The largest absolute Gasteiger partial charge is 0.465 e. The number of methoxy groups -OCH3 is 2. The van der Waals surface area contributed by atoms with Crippen molar-refractivity contribution in [2.75, 3.05) is 14.2 Å². The molecule has 0 bridgehead atoms. The van der Waals surface area contributed by atoms with Crippen molar-refractivity contribution >= 4 is 18.2 Å². The van der Waals surface area contributed by atoms with Crippen LogP contribution in [-0.4, -0.2) is 30.2 Å². The summed E-state index contributed by atoms with van der Waals surface area (Å²) in [5.41, 5.74) is 0.932. The molecule has 0 aliphatic carbocycles. The summed E-state index contributed by atoms with van der Waals surface area (Å²) >= 11 is 5.00. The van der Waals surface area contributed by atoms with Gasteiger partial charge in [0.2, 0.25) is 0 Å². The molecule has 0 saturated carbocycles. The average molecular weight is 228 g/mol. The lowest BCUT2D eigenvalue weighted by Crippen LogP contribution is -2.10. The van der Waals surface area contributed by atoms with Crippen molar-refractivity contribution in [2.24, 2.45) is 0 Å². The third-order valence-corrected chi connectivity index (χ3v) is 2.12. The second kappa shape index (κ2) is 4.99. The molecule has 1 N–H and O–H groups in total. The van der Waals surface area contributed by atoms with E-state index in [1.54, 1.807) is 14.0 Å². The van der Waals surface area contributed by atoms with E-state index in [0.29, 0.717) is 23.7 Å². The van der Waals surface area contributed by atoms with E-state index in [2.05, 4.69) is 14.7 Å². The molecule has 1 rings (SSSR count). The molecular formula is C9H12N2O3S. The van der Waals surface area contributed by atoms with E-state index in [1.807, 2.05) is 0 Å². The number of hydrogen-bond acceptors (Lipinski definition) is 5. The van der Waals surface area contributed by atoms with Crippen LogP contribution in [0.15, 0.2) is 0 Å².